The Morgan fingerprint density at radius 1 is 1.24 bits per heavy atom. The molecule has 0 aromatic heterocycles. The highest BCUT2D eigenvalue weighted by Crippen LogP contribution is 2.20. The van der Waals surface area contributed by atoms with E-state index in [9.17, 15) is 0 Å². The second-order valence-corrected chi connectivity index (χ2v) is 3.91. The van der Waals surface area contributed by atoms with Crippen LogP contribution in [0.15, 0.2) is 18.2 Å². The molecule has 1 aromatic carbocycles. The van der Waals surface area contributed by atoms with Gasteiger partial charge in [-0.15, -0.1) is 0 Å². The summed E-state index contributed by atoms with van der Waals surface area (Å²) in [5, 5.41) is 3.23. The molecule has 1 aromatic rings. The molecule has 0 saturated carbocycles. The number of nitrogens with one attached hydrogen (secondary N) is 1. The third kappa shape index (κ3) is 4.75. The monoisotopic (exact) mass is 237 g/mol. The van der Waals surface area contributed by atoms with Gasteiger partial charge in [0.15, 0.2) is 0 Å². The van der Waals surface area contributed by atoms with E-state index in [0.717, 1.165) is 37.4 Å². The van der Waals surface area contributed by atoms with Gasteiger partial charge in [-0.2, -0.15) is 0 Å². The van der Waals surface area contributed by atoms with E-state index in [1.54, 1.807) is 7.11 Å². The summed E-state index contributed by atoms with van der Waals surface area (Å²) in [6, 6.07) is 6.27. The van der Waals surface area contributed by atoms with Crippen LogP contribution in [0.5, 0.6) is 5.75 Å². The van der Waals surface area contributed by atoms with Crippen molar-refractivity contribution in [3.8, 4) is 5.75 Å². The zero-order valence-electron chi connectivity index (χ0n) is 11.1. The predicted octanol–water partition coefficient (Wildman–Crippen LogP) is 2.38. The molecule has 3 heteroatoms. The molecule has 0 aliphatic rings. The van der Waals surface area contributed by atoms with Gasteiger partial charge in [-0.3, -0.25) is 0 Å². The summed E-state index contributed by atoms with van der Waals surface area (Å²) in [6.45, 7) is 7.46. The fraction of sp³-hybridized carbons (Fsp3) is 0.571. The van der Waals surface area contributed by atoms with E-state index >= 15 is 0 Å². The number of benzene rings is 1. The average Bonchev–Trinajstić information content (AvgIpc) is 2.38. The van der Waals surface area contributed by atoms with E-state index in [4.69, 9.17) is 9.47 Å². The standard InChI is InChI=1S/C14H23NO2/c1-4-12-6-7-14(16-3)13(10-12)11-17-9-8-15-5-2/h6-7,10,15H,4-5,8-9,11H2,1-3H3. The van der Waals surface area contributed by atoms with Crippen LogP contribution in [0, 0.1) is 0 Å². The second-order valence-electron chi connectivity index (χ2n) is 3.91. The number of methoxy groups -OCH3 is 1. The molecule has 1 rings (SSSR count). The molecular weight excluding hydrogens is 214 g/mol. The molecule has 1 N–H and O–H groups in total. The van der Waals surface area contributed by atoms with Gasteiger partial charge in [-0.05, 0) is 30.7 Å². The molecule has 0 bridgehead atoms. The van der Waals surface area contributed by atoms with Gasteiger partial charge in [0.25, 0.3) is 0 Å². The molecule has 0 heterocycles. The number of rotatable bonds is 8. The van der Waals surface area contributed by atoms with Gasteiger partial charge in [-0.25, -0.2) is 0 Å². The number of aryl methyl sites for hydroxylation is 1. The Hall–Kier alpha value is -1.06. The lowest BCUT2D eigenvalue weighted by Gasteiger charge is -2.11. The number of hydrogen-bond donors (Lipinski definition) is 1. The fourth-order valence-corrected chi connectivity index (χ4v) is 1.67. The second kappa shape index (κ2) is 8.09. The number of likely N-dealkylation sites (N-methyl/N-ethyl adjacent to an activating group) is 1. The van der Waals surface area contributed by atoms with Crippen molar-refractivity contribution in [2.24, 2.45) is 0 Å². The van der Waals surface area contributed by atoms with E-state index in [-0.39, 0.29) is 0 Å². The van der Waals surface area contributed by atoms with Crippen LogP contribution in [0.3, 0.4) is 0 Å². The first-order chi connectivity index (χ1) is 8.31. The summed E-state index contributed by atoms with van der Waals surface area (Å²) in [4.78, 5) is 0. The van der Waals surface area contributed by atoms with Crippen LogP contribution < -0.4 is 10.1 Å². The Morgan fingerprint density at radius 3 is 2.71 bits per heavy atom. The number of ether oxygens (including phenoxy) is 2. The minimum atomic E-state index is 0.613. The van der Waals surface area contributed by atoms with Gasteiger partial charge >= 0.3 is 0 Å². The first-order valence-electron chi connectivity index (χ1n) is 6.26. The van der Waals surface area contributed by atoms with Crippen molar-refractivity contribution in [3.05, 3.63) is 29.3 Å². The summed E-state index contributed by atoms with van der Waals surface area (Å²) in [5.41, 5.74) is 2.44. The van der Waals surface area contributed by atoms with Gasteiger partial charge in [-0.1, -0.05) is 19.9 Å². The highest BCUT2D eigenvalue weighted by atomic mass is 16.5. The van der Waals surface area contributed by atoms with Crippen molar-refractivity contribution >= 4 is 0 Å². The summed E-state index contributed by atoms with van der Waals surface area (Å²) in [6.07, 6.45) is 1.04. The summed E-state index contributed by atoms with van der Waals surface area (Å²) in [5.74, 6) is 0.908. The lowest BCUT2D eigenvalue weighted by Crippen LogP contribution is -2.18. The summed E-state index contributed by atoms with van der Waals surface area (Å²) >= 11 is 0. The molecule has 3 nitrogen and oxygen atoms in total. The Kier molecular flexibility index (Phi) is 6.67. The topological polar surface area (TPSA) is 30.5 Å². The number of hydrogen-bond acceptors (Lipinski definition) is 3. The molecule has 0 fully saturated rings. The van der Waals surface area contributed by atoms with E-state index in [0.29, 0.717) is 6.61 Å². The maximum absolute atomic E-state index is 5.62. The zero-order chi connectivity index (χ0) is 12.5. The normalized spacial score (nSPS) is 10.5. The molecule has 96 valence electrons. The highest BCUT2D eigenvalue weighted by molar-refractivity contribution is 5.36. The predicted molar refractivity (Wildman–Crippen MR) is 70.6 cm³/mol. The first-order valence-corrected chi connectivity index (χ1v) is 6.26. The van der Waals surface area contributed by atoms with Gasteiger partial charge in [0.2, 0.25) is 0 Å². The molecule has 0 radical (unpaired) electrons. The van der Waals surface area contributed by atoms with Gasteiger partial charge in [0, 0.05) is 12.1 Å². The largest absolute Gasteiger partial charge is 0.496 e. The van der Waals surface area contributed by atoms with Crippen LogP contribution in [-0.2, 0) is 17.8 Å². The van der Waals surface area contributed by atoms with Crippen molar-refractivity contribution in [1.82, 2.24) is 5.32 Å². The minimum Gasteiger partial charge on any atom is -0.496 e. The van der Waals surface area contributed by atoms with Crippen molar-refractivity contribution < 1.29 is 9.47 Å². The van der Waals surface area contributed by atoms with E-state index < -0.39 is 0 Å². The smallest absolute Gasteiger partial charge is 0.124 e. The molecule has 0 amide bonds. The van der Waals surface area contributed by atoms with Crippen LogP contribution in [0.25, 0.3) is 0 Å². The lowest BCUT2D eigenvalue weighted by molar-refractivity contribution is 0.121. The molecule has 17 heavy (non-hydrogen) atoms. The van der Waals surface area contributed by atoms with Crippen LogP contribution in [0.1, 0.15) is 25.0 Å². The Morgan fingerprint density at radius 2 is 2.06 bits per heavy atom. The van der Waals surface area contributed by atoms with Gasteiger partial charge in [0.05, 0.1) is 20.3 Å². The van der Waals surface area contributed by atoms with Crippen molar-refractivity contribution in [1.29, 1.82) is 0 Å². The fourth-order valence-electron chi connectivity index (χ4n) is 1.67. The van der Waals surface area contributed by atoms with Gasteiger partial charge in [0.1, 0.15) is 5.75 Å². The molecule has 0 aliphatic carbocycles. The molecule has 0 atom stereocenters. The summed E-state index contributed by atoms with van der Waals surface area (Å²) < 4.78 is 10.9. The maximum Gasteiger partial charge on any atom is 0.124 e. The zero-order valence-corrected chi connectivity index (χ0v) is 11.1. The van der Waals surface area contributed by atoms with E-state index in [1.807, 2.05) is 6.07 Å². The average molecular weight is 237 g/mol. The van der Waals surface area contributed by atoms with Crippen molar-refractivity contribution in [2.75, 3.05) is 26.8 Å². The Labute approximate surface area is 104 Å². The molecular formula is C14H23NO2. The molecule has 0 unspecified atom stereocenters. The minimum absolute atomic E-state index is 0.613. The van der Waals surface area contributed by atoms with Gasteiger partial charge < -0.3 is 14.8 Å². The van der Waals surface area contributed by atoms with Crippen molar-refractivity contribution in [2.45, 2.75) is 26.9 Å². The molecule has 0 aliphatic heterocycles. The van der Waals surface area contributed by atoms with Crippen LogP contribution >= 0.6 is 0 Å². The molecule has 0 saturated heterocycles. The van der Waals surface area contributed by atoms with Crippen LogP contribution in [-0.4, -0.2) is 26.8 Å². The Balaban J connectivity index is 2.49. The third-order valence-electron chi connectivity index (χ3n) is 2.68. The van der Waals surface area contributed by atoms with E-state index in [1.165, 1.54) is 5.56 Å². The van der Waals surface area contributed by atoms with E-state index in [2.05, 4.69) is 31.3 Å². The van der Waals surface area contributed by atoms with Crippen LogP contribution in [0.4, 0.5) is 0 Å². The summed E-state index contributed by atoms with van der Waals surface area (Å²) in [7, 11) is 1.70. The Bertz CT molecular complexity index is 326. The lowest BCUT2D eigenvalue weighted by atomic mass is 10.1. The van der Waals surface area contributed by atoms with Crippen LogP contribution in [0.2, 0.25) is 0 Å². The quantitative estimate of drug-likeness (QED) is 0.704. The first kappa shape index (κ1) is 14.0. The van der Waals surface area contributed by atoms with Crippen molar-refractivity contribution in [3.63, 3.8) is 0 Å². The highest BCUT2D eigenvalue weighted by Gasteiger charge is 2.03. The molecule has 0 spiro atoms. The maximum atomic E-state index is 5.62. The third-order valence-corrected chi connectivity index (χ3v) is 2.68. The SMILES string of the molecule is CCNCCOCc1cc(CC)ccc1OC.